The molecule has 0 heterocycles. The molecule has 0 aliphatic carbocycles. The van der Waals surface area contributed by atoms with Crippen LogP contribution in [0.5, 0.6) is 0 Å². The van der Waals surface area contributed by atoms with Gasteiger partial charge in [0.25, 0.3) is 10.1 Å². The SMILES string of the molecule is CC(C)CCC(/C=C/S(=O)(=O)O)NC(=O)OC(C)(C)C. The minimum Gasteiger partial charge on any atom is -0.444 e. The summed E-state index contributed by atoms with van der Waals surface area (Å²) >= 11 is 0. The Bertz CT molecular complexity index is 434. The molecule has 1 unspecified atom stereocenters. The molecule has 6 nitrogen and oxygen atoms in total. The van der Waals surface area contributed by atoms with E-state index in [0.29, 0.717) is 17.7 Å². The van der Waals surface area contributed by atoms with Gasteiger partial charge in [0, 0.05) is 0 Å². The third-order valence-corrected chi connectivity index (χ3v) is 2.74. The minimum absolute atomic E-state index is 0.414. The second kappa shape index (κ2) is 7.64. The van der Waals surface area contributed by atoms with Crippen LogP contribution in [0, 0.1) is 5.92 Å². The van der Waals surface area contributed by atoms with E-state index >= 15 is 0 Å². The maximum Gasteiger partial charge on any atom is 0.408 e. The largest absolute Gasteiger partial charge is 0.444 e. The number of carbonyl (C=O) groups is 1. The molecule has 1 amide bonds. The van der Waals surface area contributed by atoms with Gasteiger partial charge in [-0.2, -0.15) is 8.42 Å². The van der Waals surface area contributed by atoms with Crippen LogP contribution in [0.25, 0.3) is 0 Å². The zero-order chi connectivity index (χ0) is 16.0. The number of amides is 1. The van der Waals surface area contributed by atoms with Crippen LogP contribution >= 0.6 is 0 Å². The van der Waals surface area contributed by atoms with Gasteiger partial charge in [-0.05, 0) is 45.6 Å². The first kappa shape index (κ1) is 18.9. The molecule has 0 spiro atoms. The molecule has 0 radical (unpaired) electrons. The quantitative estimate of drug-likeness (QED) is 0.736. The number of nitrogens with one attached hydrogen (secondary N) is 1. The third kappa shape index (κ3) is 12.0. The van der Waals surface area contributed by atoms with E-state index in [9.17, 15) is 13.2 Å². The van der Waals surface area contributed by atoms with Crippen LogP contribution in [-0.2, 0) is 14.9 Å². The van der Waals surface area contributed by atoms with Crippen LogP contribution in [0.3, 0.4) is 0 Å². The maximum absolute atomic E-state index is 11.7. The Morgan fingerprint density at radius 1 is 1.30 bits per heavy atom. The second-order valence-corrected chi connectivity index (χ2v) is 7.37. The van der Waals surface area contributed by atoms with Gasteiger partial charge in [-0.15, -0.1) is 0 Å². The van der Waals surface area contributed by atoms with E-state index in [1.54, 1.807) is 20.8 Å². The molecule has 0 saturated heterocycles. The third-order valence-electron chi connectivity index (χ3n) is 2.24. The number of hydrogen-bond acceptors (Lipinski definition) is 4. The summed E-state index contributed by atoms with van der Waals surface area (Å²) in [7, 11) is -4.20. The van der Waals surface area contributed by atoms with Gasteiger partial charge in [0.15, 0.2) is 0 Å². The molecule has 0 aromatic rings. The first-order valence-electron chi connectivity index (χ1n) is 6.54. The van der Waals surface area contributed by atoms with Gasteiger partial charge in [0.2, 0.25) is 0 Å². The summed E-state index contributed by atoms with van der Waals surface area (Å²) < 4.78 is 35.2. The molecule has 7 heteroatoms. The van der Waals surface area contributed by atoms with Crippen LogP contribution in [0.4, 0.5) is 4.79 Å². The van der Waals surface area contributed by atoms with Crippen molar-refractivity contribution in [2.24, 2.45) is 5.92 Å². The van der Waals surface area contributed by atoms with Gasteiger partial charge in [0.1, 0.15) is 5.60 Å². The molecule has 0 aromatic carbocycles. The van der Waals surface area contributed by atoms with Crippen molar-refractivity contribution in [1.82, 2.24) is 5.32 Å². The zero-order valence-corrected chi connectivity index (χ0v) is 13.5. The molecule has 0 fully saturated rings. The van der Waals surface area contributed by atoms with E-state index in [1.807, 2.05) is 13.8 Å². The lowest BCUT2D eigenvalue weighted by molar-refractivity contribution is 0.0511. The fourth-order valence-corrected chi connectivity index (χ4v) is 1.77. The zero-order valence-electron chi connectivity index (χ0n) is 12.7. The molecular formula is C13H25NO5S. The predicted molar refractivity (Wildman–Crippen MR) is 77.9 cm³/mol. The first-order valence-corrected chi connectivity index (χ1v) is 8.04. The minimum atomic E-state index is -4.20. The lowest BCUT2D eigenvalue weighted by Gasteiger charge is -2.22. The Hall–Kier alpha value is -1.08. The Morgan fingerprint density at radius 2 is 1.85 bits per heavy atom. The number of ether oxygens (including phenoxy) is 1. The molecule has 2 N–H and O–H groups in total. The van der Waals surface area contributed by atoms with Crippen molar-refractivity contribution < 1.29 is 22.5 Å². The highest BCUT2D eigenvalue weighted by Crippen LogP contribution is 2.11. The number of rotatable bonds is 6. The van der Waals surface area contributed by atoms with Crippen LogP contribution in [-0.4, -0.2) is 30.7 Å². The van der Waals surface area contributed by atoms with E-state index in [0.717, 1.165) is 6.42 Å². The summed E-state index contributed by atoms with van der Waals surface area (Å²) in [6, 6.07) is -0.505. The van der Waals surface area contributed by atoms with Crippen molar-refractivity contribution in [2.75, 3.05) is 0 Å². The van der Waals surface area contributed by atoms with Crippen molar-refractivity contribution in [3.8, 4) is 0 Å². The average molecular weight is 307 g/mol. The number of hydrogen-bond donors (Lipinski definition) is 2. The molecule has 0 aromatic heterocycles. The van der Waals surface area contributed by atoms with Gasteiger partial charge in [-0.3, -0.25) is 4.55 Å². The molecule has 0 aliphatic heterocycles. The van der Waals surface area contributed by atoms with Gasteiger partial charge in [0.05, 0.1) is 11.4 Å². The molecule has 0 saturated carbocycles. The van der Waals surface area contributed by atoms with Crippen molar-refractivity contribution in [1.29, 1.82) is 0 Å². The smallest absolute Gasteiger partial charge is 0.408 e. The van der Waals surface area contributed by atoms with Crippen LogP contribution in [0.2, 0.25) is 0 Å². The Kier molecular flexibility index (Phi) is 7.22. The molecule has 0 rings (SSSR count). The van der Waals surface area contributed by atoms with Crippen LogP contribution < -0.4 is 5.32 Å². The topological polar surface area (TPSA) is 92.7 Å². The Balaban J connectivity index is 4.68. The Morgan fingerprint density at radius 3 is 2.25 bits per heavy atom. The Labute approximate surface area is 121 Å². The maximum atomic E-state index is 11.7. The standard InChI is InChI=1S/C13H25NO5S/c1-10(2)6-7-11(8-9-20(16,17)18)14-12(15)19-13(3,4)5/h8-11H,6-7H2,1-5H3,(H,14,15)(H,16,17,18)/b9-8+. The lowest BCUT2D eigenvalue weighted by Crippen LogP contribution is -2.38. The fourth-order valence-electron chi connectivity index (χ4n) is 1.38. The van der Waals surface area contributed by atoms with E-state index in [2.05, 4.69) is 5.32 Å². The van der Waals surface area contributed by atoms with E-state index < -0.39 is 27.9 Å². The van der Waals surface area contributed by atoms with Gasteiger partial charge < -0.3 is 10.1 Å². The predicted octanol–water partition coefficient (Wildman–Crippen LogP) is 2.72. The fraction of sp³-hybridized carbons (Fsp3) is 0.769. The van der Waals surface area contributed by atoms with Gasteiger partial charge in [-0.25, -0.2) is 4.79 Å². The summed E-state index contributed by atoms with van der Waals surface area (Å²) in [5.74, 6) is 0.414. The summed E-state index contributed by atoms with van der Waals surface area (Å²) in [6.07, 6.45) is 1.99. The summed E-state index contributed by atoms with van der Waals surface area (Å²) in [6.45, 7) is 9.27. The molecule has 1 atom stereocenters. The lowest BCUT2D eigenvalue weighted by atomic mass is 10.0. The molecule has 0 bridgehead atoms. The summed E-state index contributed by atoms with van der Waals surface area (Å²) in [5, 5.41) is 3.25. The molecule has 20 heavy (non-hydrogen) atoms. The van der Waals surface area contributed by atoms with E-state index in [4.69, 9.17) is 9.29 Å². The highest BCUT2D eigenvalue weighted by atomic mass is 32.2. The highest BCUT2D eigenvalue weighted by molar-refractivity contribution is 7.88. The van der Waals surface area contributed by atoms with E-state index in [1.165, 1.54) is 6.08 Å². The van der Waals surface area contributed by atoms with Crippen LogP contribution in [0.1, 0.15) is 47.5 Å². The van der Waals surface area contributed by atoms with Crippen LogP contribution in [0.15, 0.2) is 11.5 Å². The highest BCUT2D eigenvalue weighted by Gasteiger charge is 2.18. The number of carbonyl (C=O) groups excluding carboxylic acids is 1. The van der Waals surface area contributed by atoms with Crippen molar-refractivity contribution in [2.45, 2.75) is 59.1 Å². The molecule has 118 valence electrons. The summed E-state index contributed by atoms with van der Waals surface area (Å²) in [5.41, 5.74) is -0.626. The molecular weight excluding hydrogens is 282 g/mol. The summed E-state index contributed by atoms with van der Waals surface area (Å²) in [4.78, 5) is 11.7. The monoisotopic (exact) mass is 307 g/mol. The van der Waals surface area contributed by atoms with Crippen molar-refractivity contribution in [3.63, 3.8) is 0 Å². The van der Waals surface area contributed by atoms with Gasteiger partial charge in [-0.1, -0.05) is 13.8 Å². The average Bonchev–Trinajstić information content (AvgIpc) is 2.17. The van der Waals surface area contributed by atoms with Gasteiger partial charge >= 0.3 is 6.09 Å². The second-order valence-electron chi connectivity index (χ2n) is 6.07. The number of alkyl carbamates (subject to hydrolysis) is 1. The normalized spacial score (nSPS) is 14.6. The van der Waals surface area contributed by atoms with Crippen molar-refractivity contribution >= 4 is 16.2 Å². The van der Waals surface area contributed by atoms with E-state index in [-0.39, 0.29) is 0 Å². The molecule has 0 aliphatic rings. The van der Waals surface area contributed by atoms with Crippen molar-refractivity contribution in [3.05, 3.63) is 11.5 Å². The first-order chi connectivity index (χ1) is 8.89.